The van der Waals surface area contributed by atoms with E-state index in [0.717, 1.165) is 6.42 Å². The molecule has 2 N–H and O–H groups in total. The standard InChI is InChI=1S/C10H18O3/c1-7-4-9(2,3)6-10(13,5-7)8(11)12/h7,13H,4-6H2,1-3H3,(H,11,12)/t7-,10+/m0/s1. The fourth-order valence-corrected chi connectivity index (χ4v) is 2.69. The molecule has 0 aromatic rings. The van der Waals surface area contributed by atoms with Gasteiger partial charge in [0.05, 0.1) is 0 Å². The first-order valence-electron chi connectivity index (χ1n) is 4.71. The molecule has 0 aliphatic heterocycles. The number of carboxylic acids is 1. The lowest BCUT2D eigenvalue weighted by Gasteiger charge is -2.42. The second-order valence-electron chi connectivity index (χ2n) is 5.19. The van der Waals surface area contributed by atoms with Crippen LogP contribution in [0.4, 0.5) is 0 Å². The van der Waals surface area contributed by atoms with Crippen LogP contribution in [0.25, 0.3) is 0 Å². The molecule has 1 rings (SSSR count). The largest absolute Gasteiger partial charge is 0.479 e. The maximum absolute atomic E-state index is 10.9. The van der Waals surface area contributed by atoms with Gasteiger partial charge in [-0.25, -0.2) is 4.79 Å². The van der Waals surface area contributed by atoms with Crippen molar-refractivity contribution in [3.05, 3.63) is 0 Å². The Morgan fingerprint density at radius 1 is 1.38 bits per heavy atom. The number of aliphatic carboxylic acids is 1. The highest BCUT2D eigenvalue weighted by molar-refractivity contribution is 5.77. The predicted molar refractivity (Wildman–Crippen MR) is 49.4 cm³/mol. The Kier molecular flexibility index (Phi) is 2.41. The second kappa shape index (κ2) is 2.98. The zero-order valence-corrected chi connectivity index (χ0v) is 8.50. The SMILES string of the molecule is C[C@H]1CC(C)(C)C[C@@](O)(C(=O)O)C1. The van der Waals surface area contributed by atoms with Gasteiger partial charge in [-0.3, -0.25) is 0 Å². The van der Waals surface area contributed by atoms with E-state index in [2.05, 4.69) is 0 Å². The van der Waals surface area contributed by atoms with E-state index >= 15 is 0 Å². The molecule has 3 heteroatoms. The minimum Gasteiger partial charge on any atom is -0.479 e. The maximum atomic E-state index is 10.9. The average Bonchev–Trinajstić information content (AvgIpc) is 1.79. The molecule has 1 saturated carbocycles. The molecule has 76 valence electrons. The van der Waals surface area contributed by atoms with Gasteiger partial charge < -0.3 is 10.2 Å². The first-order chi connectivity index (χ1) is 5.75. The summed E-state index contributed by atoms with van der Waals surface area (Å²) in [5.74, 6) is -0.794. The molecule has 1 fully saturated rings. The highest BCUT2D eigenvalue weighted by atomic mass is 16.4. The lowest BCUT2D eigenvalue weighted by Crippen LogP contribution is -2.48. The molecule has 1 aliphatic rings. The third kappa shape index (κ3) is 2.21. The molecule has 0 aromatic heterocycles. The van der Waals surface area contributed by atoms with E-state index in [1.165, 1.54) is 0 Å². The lowest BCUT2D eigenvalue weighted by atomic mass is 9.66. The monoisotopic (exact) mass is 186 g/mol. The molecule has 0 amide bonds. The fourth-order valence-electron chi connectivity index (χ4n) is 2.69. The zero-order chi connectivity index (χ0) is 10.3. The normalized spacial score (nSPS) is 38.6. The van der Waals surface area contributed by atoms with Crippen molar-refractivity contribution in [1.29, 1.82) is 0 Å². The van der Waals surface area contributed by atoms with Gasteiger partial charge in [-0.1, -0.05) is 20.8 Å². The van der Waals surface area contributed by atoms with Crippen LogP contribution in [0.1, 0.15) is 40.0 Å². The summed E-state index contributed by atoms with van der Waals surface area (Å²) >= 11 is 0. The zero-order valence-electron chi connectivity index (χ0n) is 8.50. The van der Waals surface area contributed by atoms with Gasteiger partial charge in [0, 0.05) is 0 Å². The third-order valence-corrected chi connectivity index (χ3v) is 2.76. The molecule has 0 unspecified atom stereocenters. The number of carboxylic acid groups (broad SMARTS) is 1. The first-order valence-corrected chi connectivity index (χ1v) is 4.71. The molecular formula is C10H18O3. The van der Waals surface area contributed by atoms with Gasteiger partial charge in [0.25, 0.3) is 0 Å². The molecule has 1 aliphatic carbocycles. The van der Waals surface area contributed by atoms with Gasteiger partial charge in [-0.05, 0) is 30.6 Å². The van der Waals surface area contributed by atoms with Crippen molar-refractivity contribution in [2.24, 2.45) is 11.3 Å². The highest BCUT2D eigenvalue weighted by Crippen LogP contribution is 2.43. The molecule has 0 aromatic carbocycles. The van der Waals surface area contributed by atoms with Crippen LogP contribution in [0.15, 0.2) is 0 Å². The van der Waals surface area contributed by atoms with Gasteiger partial charge in [-0.2, -0.15) is 0 Å². The van der Waals surface area contributed by atoms with Crippen LogP contribution < -0.4 is 0 Å². The summed E-state index contributed by atoms with van der Waals surface area (Å²) in [5, 5.41) is 18.8. The van der Waals surface area contributed by atoms with Crippen molar-refractivity contribution in [2.45, 2.75) is 45.6 Å². The van der Waals surface area contributed by atoms with E-state index < -0.39 is 11.6 Å². The van der Waals surface area contributed by atoms with Crippen molar-refractivity contribution in [3.8, 4) is 0 Å². The Bertz CT molecular complexity index is 222. The van der Waals surface area contributed by atoms with Crippen molar-refractivity contribution < 1.29 is 15.0 Å². The Morgan fingerprint density at radius 3 is 2.31 bits per heavy atom. The Morgan fingerprint density at radius 2 is 1.92 bits per heavy atom. The Labute approximate surface area is 78.8 Å². The van der Waals surface area contributed by atoms with Gasteiger partial charge in [0.15, 0.2) is 5.60 Å². The van der Waals surface area contributed by atoms with Crippen molar-refractivity contribution in [1.82, 2.24) is 0 Å². The topological polar surface area (TPSA) is 57.5 Å². The van der Waals surface area contributed by atoms with Gasteiger partial charge >= 0.3 is 5.97 Å². The van der Waals surface area contributed by atoms with E-state index in [4.69, 9.17) is 5.11 Å². The summed E-state index contributed by atoms with van der Waals surface area (Å²) in [7, 11) is 0. The molecular weight excluding hydrogens is 168 g/mol. The summed E-state index contributed by atoms with van der Waals surface area (Å²) < 4.78 is 0. The number of rotatable bonds is 1. The second-order valence-corrected chi connectivity index (χ2v) is 5.19. The Balaban J connectivity index is 2.84. The summed E-state index contributed by atoms with van der Waals surface area (Å²) in [6.07, 6.45) is 1.73. The minimum atomic E-state index is -1.50. The van der Waals surface area contributed by atoms with Crippen molar-refractivity contribution in [3.63, 3.8) is 0 Å². The molecule has 2 atom stereocenters. The maximum Gasteiger partial charge on any atom is 0.335 e. The number of carbonyl (C=O) groups is 1. The number of hydrogen-bond acceptors (Lipinski definition) is 2. The van der Waals surface area contributed by atoms with Crippen LogP contribution in [0, 0.1) is 11.3 Å². The lowest BCUT2D eigenvalue weighted by molar-refractivity contribution is -0.168. The highest BCUT2D eigenvalue weighted by Gasteiger charge is 2.46. The summed E-state index contributed by atoms with van der Waals surface area (Å²) in [5.41, 5.74) is -1.56. The van der Waals surface area contributed by atoms with Crippen LogP contribution in [0.5, 0.6) is 0 Å². The summed E-state index contributed by atoms with van der Waals surface area (Å²) in [6.45, 7) is 6.02. The minimum absolute atomic E-state index is 0.0647. The van der Waals surface area contributed by atoms with E-state index in [1.807, 2.05) is 20.8 Å². The van der Waals surface area contributed by atoms with Crippen LogP contribution in [-0.2, 0) is 4.79 Å². The van der Waals surface area contributed by atoms with Crippen molar-refractivity contribution >= 4 is 5.97 Å². The predicted octanol–water partition coefficient (Wildman–Crippen LogP) is 1.65. The van der Waals surface area contributed by atoms with Crippen LogP contribution in [0.2, 0.25) is 0 Å². The fraction of sp³-hybridized carbons (Fsp3) is 0.900. The third-order valence-electron chi connectivity index (χ3n) is 2.76. The summed E-state index contributed by atoms with van der Waals surface area (Å²) in [4.78, 5) is 10.9. The average molecular weight is 186 g/mol. The van der Waals surface area contributed by atoms with Crippen molar-refractivity contribution in [2.75, 3.05) is 0 Å². The van der Waals surface area contributed by atoms with E-state index in [0.29, 0.717) is 12.8 Å². The molecule has 0 heterocycles. The number of hydrogen-bond donors (Lipinski definition) is 2. The summed E-state index contributed by atoms with van der Waals surface area (Å²) in [6, 6.07) is 0. The van der Waals surface area contributed by atoms with Crippen LogP contribution >= 0.6 is 0 Å². The smallest absolute Gasteiger partial charge is 0.335 e. The molecule has 0 spiro atoms. The van der Waals surface area contributed by atoms with Crippen LogP contribution in [0.3, 0.4) is 0 Å². The van der Waals surface area contributed by atoms with E-state index in [9.17, 15) is 9.90 Å². The van der Waals surface area contributed by atoms with E-state index in [1.54, 1.807) is 0 Å². The van der Waals surface area contributed by atoms with Crippen LogP contribution in [-0.4, -0.2) is 21.8 Å². The first kappa shape index (κ1) is 10.5. The molecule has 0 radical (unpaired) electrons. The Hall–Kier alpha value is -0.570. The van der Waals surface area contributed by atoms with Gasteiger partial charge in [-0.15, -0.1) is 0 Å². The van der Waals surface area contributed by atoms with Gasteiger partial charge in [0.1, 0.15) is 0 Å². The van der Waals surface area contributed by atoms with Gasteiger partial charge in [0.2, 0.25) is 0 Å². The van der Waals surface area contributed by atoms with E-state index in [-0.39, 0.29) is 11.3 Å². The molecule has 0 saturated heterocycles. The molecule has 0 bridgehead atoms. The molecule has 3 nitrogen and oxygen atoms in total. The quantitative estimate of drug-likeness (QED) is 0.654. The molecule has 13 heavy (non-hydrogen) atoms. The number of aliphatic hydroxyl groups is 1.